The van der Waals surface area contributed by atoms with Gasteiger partial charge in [0.25, 0.3) is 0 Å². The fourth-order valence-corrected chi connectivity index (χ4v) is 3.77. The molecule has 0 spiro atoms. The monoisotopic (exact) mass is 455 g/mol. The van der Waals surface area contributed by atoms with Gasteiger partial charge in [0.05, 0.1) is 17.2 Å². The molecule has 0 unspecified atom stereocenters. The highest BCUT2D eigenvalue weighted by Gasteiger charge is 2.21. The normalized spacial score (nSPS) is 14.2. The smallest absolute Gasteiger partial charge is 0.223 e. The average Bonchev–Trinajstić information content (AvgIpc) is 2.75. The number of nitrogens with one attached hydrogen (secondary N) is 1. The van der Waals surface area contributed by atoms with Crippen molar-refractivity contribution in [3.05, 3.63) is 58.1 Å². The molecule has 2 aromatic carbocycles. The number of anilines is 2. The second-order valence-electron chi connectivity index (χ2n) is 6.58. The van der Waals surface area contributed by atoms with Crippen molar-refractivity contribution in [1.82, 2.24) is 4.90 Å². The van der Waals surface area contributed by atoms with Gasteiger partial charge in [0.15, 0.2) is 0 Å². The Morgan fingerprint density at radius 2 is 1.79 bits per heavy atom. The summed E-state index contributed by atoms with van der Waals surface area (Å²) in [6.45, 7) is 2.98. The molecule has 0 atom stereocenters. The molecule has 1 aliphatic heterocycles. The second-order valence-corrected chi connectivity index (χ2v) is 7.90. The number of piperazine rings is 1. The molecule has 3 rings (SSSR count). The summed E-state index contributed by atoms with van der Waals surface area (Å²) in [5.41, 5.74) is 3.06. The first-order chi connectivity index (χ1) is 14.1. The zero-order chi connectivity index (χ0) is 20.6. The van der Waals surface area contributed by atoms with Crippen LogP contribution in [0.4, 0.5) is 11.4 Å². The molecule has 6 nitrogen and oxygen atoms in total. The predicted molar refractivity (Wildman–Crippen MR) is 119 cm³/mol. The molecule has 9 heteroatoms. The summed E-state index contributed by atoms with van der Waals surface area (Å²) in [6.07, 6.45) is 1.22. The van der Waals surface area contributed by atoms with Crippen LogP contribution in [0.3, 0.4) is 0 Å². The van der Waals surface area contributed by atoms with E-state index in [2.05, 4.69) is 14.5 Å². The van der Waals surface area contributed by atoms with Gasteiger partial charge in [0, 0.05) is 44.0 Å². The van der Waals surface area contributed by atoms with Crippen LogP contribution in [-0.2, 0) is 20.4 Å². The maximum Gasteiger partial charge on any atom is 0.223 e. The van der Waals surface area contributed by atoms with Crippen LogP contribution in [0, 0.1) is 0 Å². The van der Waals surface area contributed by atoms with Crippen molar-refractivity contribution < 1.29 is 14.0 Å². The largest absolute Gasteiger partial charge is 0.368 e. The van der Waals surface area contributed by atoms with Crippen molar-refractivity contribution in [1.29, 1.82) is 0 Å². The molecule has 0 bridgehead atoms. The Morgan fingerprint density at radius 3 is 2.45 bits per heavy atom. The summed E-state index contributed by atoms with van der Waals surface area (Å²) in [4.78, 5) is 21.2. The predicted octanol–water partition coefficient (Wildman–Crippen LogP) is 4.83. The van der Waals surface area contributed by atoms with Crippen LogP contribution in [0.1, 0.15) is 12.0 Å². The molecule has 0 aliphatic carbocycles. The van der Waals surface area contributed by atoms with E-state index >= 15 is 0 Å². The number of carbonyl (C=O) groups excluding carboxylic acids is 1. The standard InChI is InChI=1S/C20H23Cl2N3O3S/c1-27-28-29-23-16-5-2-15(3-6-16)4-9-20(26)25-12-10-24(11-13-25)17-7-8-18(21)19(22)14-17/h2-3,5-8,14,23H,4,9-13H2,1H3. The molecule has 1 heterocycles. The van der Waals surface area contributed by atoms with Crippen molar-refractivity contribution in [3.8, 4) is 0 Å². The molecular weight excluding hydrogens is 433 g/mol. The van der Waals surface area contributed by atoms with E-state index in [1.54, 1.807) is 6.07 Å². The topological polar surface area (TPSA) is 54.0 Å². The SMILES string of the molecule is COOSNc1ccc(CCC(=O)N2CCN(c3ccc(Cl)c(Cl)c3)CC2)cc1. The third-order valence-electron chi connectivity index (χ3n) is 4.74. The fourth-order valence-electron chi connectivity index (χ4n) is 3.14. The minimum absolute atomic E-state index is 0.185. The Morgan fingerprint density at radius 1 is 1.07 bits per heavy atom. The Bertz CT molecular complexity index is 815. The molecule has 0 aromatic heterocycles. The van der Waals surface area contributed by atoms with Gasteiger partial charge in [0.2, 0.25) is 5.91 Å². The highest BCUT2D eigenvalue weighted by molar-refractivity contribution is 7.95. The van der Waals surface area contributed by atoms with Crippen molar-refractivity contribution in [3.63, 3.8) is 0 Å². The fraction of sp³-hybridized carbons (Fsp3) is 0.350. The molecule has 0 saturated carbocycles. The number of rotatable bonds is 8. The Balaban J connectivity index is 1.43. The van der Waals surface area contributed by atoms with Gasteiger partial charge in [-0.05, 0) is 42.3 Å². The molecule has 1 fully saturated rings. The van der Waals surface area contributed by atoms with Gasteiger partial charge >= 0.3 is 0 Å². The van der Waals surface area contributed by atoms with Crippen LogP contribution in [0.15, 0.2) is 42.5 Å². The number of carbonyl (C=O) groups is 1. The average molecular weight is 456 g/mol. The first-order valence-electron chi connectivity index (χ1n) is 9.26. The number of nitrogens with zero attached hydrogens (tertiary/aromatic N) is 2. The van der Waals surface area contributed by atoms with Gasteiger partial charge in [-0.2, -0.15) is 0 Å². The third kappa shape index (κ3) is 6.42. The number of hydrogen-bond donors (Lipinski definition) is 1. The third-order valence-corrected chi connectivity index (χ3v) is 6.01. The number of aryl methyl sites for hydroxylation is 1. The summed E-state index contributed by atoms with van der Waals surface area (Å²) in [5, 5.41) is 1.10. The first kappa shape index (κ1) is 22.1. The molecule has 1 amide bonds. The molecular formula is C20H23Cl2N3O3S. The summed E-state index contributed by atoms with van der Waals surface area (Å²) in [7, 11) is 1.45. The molecule has 1 N–H and O–H groups in total. The van der Waals surface area contributed by atoms with Crippen LogP contribution in [0.25, 0.3) is 0 Å². The highest BCUT2D eigenvalue weighted by atomic mass is 35.5. The molecule has 2 aromatic rings. The molecule has 156 valence electrons. The lowest BCUT2D eigenvalue weighted by molar-refractivity contribution is -0.159. The van der Waals surface area contributed by atoms with Crippen molar-refractivity contribution in [2.24, 2.45) is 0 Å². The van der Waals surface area contributed by atoms with Gasteiger partial charge in [0.1, 0.15) is 12.2 Å². The summed E-state index contributed by atoms with van der Waals surface area (Å²) >= 11 is 13.1. The first-order valence-corrected chi connectivity index (χ1v) is 10.8. The zero-order valence-electron chi connectivity index (χ0n) is 16.1. The van der Waals surface area contributed by atoms with E-state index in [0.717, 1.165) is 42.3 Å². The Hall–Kier alpha value is -1.64. The maximum atomic E-state index is 12.6. The Kier molecular flexibility index (Phi) is 8.32. The van der Waals surface area contributed by atoms with Crippen molar-refractivity contribution >= 4 is 52.7 Å². The molecule has 0 radical (unpaired) electrons. The maximum absolute atomic E-state index is 12.6. The molecule has 29 heavy (non-hydrogen) atoms. The van der Waals surface area contributed by atoms with Crippen molar-refractivity contribution in [2.45, 2.75) is 12.8 Å². The number of benzene rings is 2. The lowest BCUT2D eigenvalue weighted by Crippen LogP contribution is -2.48. The summed E-state index contributed by atoms with van der Waals surface area (Å²) in [6, 6.07) is 13.5. The van der Waals surface area contributed by atoms with E-state index in [9.17, 15) is 4.79 Å². The zero-order valence-corrected chi connectivity index (χ0v) is 18.4. The summed E-state index contributed by atoms with van der Waals surface area (Å²) in [5.74, 6) is 0.185. The van der Waals surface area contributed by atoms with Gasteiger partial charge in [-0.15, -0.1) is 4.33 Å². The molecule has 1 saturated heterocycles. The number of hydrogen-bond acceptors (Lipinski definition) is 6. The van der Waals surface area contributed by atoms with Crippen LogP contribution in [0.2, 0.25) is 10.0 Å². The van der Waals surface area contributed by atoms with E-state index < -0.39 is 0 Å². The van der Waals surface area contributed by atoms with E-state index in [-0.39, 0.29) is 5.91 Å². The van der Waals surface area contributed by atoms with Gasteiger partial charge in [-0.3, -0.25) is 4.79 Å². The quantitative estimate of drug-likeness (QED) is 0.202. The van der Waals surface area contributed by atoms with Crippen LogP contribution in [0.5, 0.6) is 0 Å². The lowest BCUT2D eigenvalue weighted by atomic mass is 10.1. The van der Waals surface area contributed by atoms with Crippen LogP contribution < -0.4 is 9.62 Å². The van der Waals surface area contributed by atoms with Gasteiger partial charge in [-0.1, -0.05) is 35.3 Å². The van der Waals surface area contributed by atoms with Crippen LogP contribution >= 0.6 is 35.4 Å². The molecule has 1 aliphatic rings. The lowest BCUT2D eigenvalue weighted by Gasteiger charge is -2.36. The van der Waals surface area contributed by atoms with E-state index in [4.69, 9.17) is 27.5 Å². The van der Waals surface area contributed by atoms with Gasteiger partial charge < -0.3 is 14.5 Å². The van der Waals surface area contributed by atoms with Gasteiger partial charge in [-0.25, -0.2) is 4.89 Å². The van der Waals surface area contributed by atoms with E-state index in [1.807, 2.05) is 41.3 Å². The number of amides is 1. The second kappa shape index (κ2) is 10.9. The van der Waals surface area contributed by atoms with Crippen molar-refractivity contribution in [2.75, 3.05) is 42.9 Å². The summed E-state index contributed by atoms with van der Waals surface area (Å²) < 4.78 is 7.69. The van der Waals surface area contributed by atoms with Crippen LogP contribution in [-0.4, -0.2) is 44.1 Å². The number of halogens is 2. The Labute approximate surface area is 185 Å². The minimum atomic E-state index is 0.185. The van der Waals surface area contributed by atoms with E-state index in [1.165, 1.54) is 7.11 Å². The van der Waals surface area contributed by atoms with E-state index in [0.29, 0.717) is 36.0 Å². The highest BCUT2D eigenvalue weighted by Crippen LogP contribution is 2.27. The minimum Gasteiger partial charge on any atom is -0.368 e.